The van der Waals surface area contributed by atoms with Crippen LogP contribution in [0.25, 0.3) is 0 Å². The predicted molar refractivity (Wildman–Crippen MR) is 186 cm³/mol. The minimum atomic E-state index is -3.93. The molecule has 0 heterocycles. The number of ether oxygens (including phenoxy) is 1. The number of phenolic OH excluding ortho intramolecular Hbond substituents is 1. The van der Waals surface area contributed by atoms with Gasteiger partial charge in [-0.05, 0) is 87.1 Å². The minimum absolute atomic E-state index is 0.0193. The van der Waals surface area contributed by atoms with E-state index in [1.54, 1.807) is 18.2 Å². The Morgan fingerprint density at radius 2 is 1.04 bits per heavy atom. The number of hydrogen-bond acceptors (Lipinski definition) is 8. The lowest BCUT2D eigenvalue weighted by Crippen LogP contribution is -2.30. The summed E-state index contributed by atoms with van der Waals surface area (Å²) in [6, 6.07) is 30.5. The fourth-order valence-corrected chi connectivity index (χ4v) is 6.76. The number of benzene rings is 4. The maximum atomic E-state index is 11.7. The van der Waals surface area contributed by atoms with Gasteiger partial charge in [-0.15, -0.1) is 0 Å². The van der Waals surface area contributed by atoms with Crippen molar-refractivity contribution in [2.45, 2.75) is 74.5 Å². The molecule has 0 aliphatic rings. The van der Waals surface area contributed by atoms with Crippen molar-refractivity contribution in [1.29, 1.82) is 0 Å². The molecule has 0 bridgehead atoms. The second-order valence-electron chi connectivity index (χ2n) is 11.7. The number of primary sulfonamides is 2. The van der Waals surface area contributed by atoms with Crippen LogP contribution in [-0.2, 0) is 32.9 Å². The number of aromatic hydroxyl groups is 1. The first-order valence-electron chi connectivity index (χ1n) is 15.2. The molecule has 0 spiro atoms. The molecule has 12 heteroatoms. The first-order chi connectivity index (χ1) is 22.1. The van der Waals surface area contributed by atoms with Gasteiger partial charge in [-0.1, -0.05) is 72.8 Å². The van der Waals surface area contributed by atoms with Crippen molar-refractivity contribution in [1.82, 2.24) is 10.6 Å². The maximum Gasteiger partial charge on any atom is 0.241 e. The maximum absolute atomic E-state index is 11.7. The molecule has 4 atom stereocenters. The zero-order valence-corrected chi connectivity index (χ0v) is 29.1. The Bertz CT molecular complexity index is 1800. The van der Waals surface area contributed by atoms with Crippen molar-refractivity contribution in [2.75, 3.05) is 7.11 Å². The van der Waals surface area contributed by atoms with Crippen LogP contribution in [0.4, 0.5) is 0 Å². The van der Waals surface area contributed by atoms with E-state index in [0.717, 1.165) is 11.1 Å². The average Bonchev–Trinajstić information content (AvgIpc) is 3.02. The smallest absolute Gasteiger partial charge is 0.241 e. The highest BCUT2D eigenvalue weighted by molar-refractivity contribution is 7.89. The monoisotopic (exact) mass is 682 g/mol. The third-order valence-corrected chi connectivity index (χ3v) is 9.49. The quantitative estimate of drug-likeness (QED) is 0.132. The third-order valence-electron chi connectivity index (χ3n) is 7.62. The number of nitrogens with two attached hydrogens (primary N) is 2. The average molecular weight is 683 g/mol. The van der Waals surface area contributed by atoms with Crippen LogP contribution in [0.2, 0.25) is 0 Å². The minimum Gasteiger partial charge on any atom is -0.507 e. The van der Waals surface area contributed by atoms with E-state index in [1.807, 2.05) is 49.4 Å². The largest absolute Gasteiger partial charge is 0.507 e. The number of hydrogen-bond donors (Lipinski definition) is 5. The predicted octanol–water partition coefficient (Wildman–Crippen LogP) is 4.95. The molecule has 0 saturated heterocycles. The summed E-state index contributed by atoms with van der Waals surface area (Å²) >= 11 is 0. The van der Waals surface area contributed by atoms with Crippen LogP contribution in [-0.4, -0.2) is 41.1 Å². The van der Waals surface area contributed by atoms with E-state index in [0.29, 0.717) is 12.8 Å². The van der Waals surface area contributed by atoms with Gasteiger partial charge in [0.2, 0.25) is 20.0 Å². The highest BCUT2D eigenvalue weighted by atomic mass is 32.2. The molecule has 7 N–H and O–H groups in total. The molecule has 0 radical (unpaired) electrons. The van der Waals surface area contributed by atoms with Crippen LogP contribution >= 0.6 is 0 Å². The molecule has 254 valence electrons. The van der Waals surface area contributed by atoms with Gasteiger partial charge < -0.3 is 20.5 Å². The Morgan fingerprint density at radius 1 is 0.638 bits per heavy atom. The molecule has 0 saturated carbocycles. The number of rotatable bonds is 13. The van der Waals surface area contributed by atoms with Gasteiger partial charge in [-0.3, -0.25) is 0 Å². The van der Waals surface area contributed by atoms with Gasteiger partial charge in [0.1, 0.15) is 21.3 Å². The summed E-state index contributed by atoms with van der Waals surface area (Å²) in [7, 11) is -6.32. The Hall–Kier alpha value is -3.78. The standard InChI is InChI=1S/C18H24N2O3S.C17H22N2O3S/c1-13(20-14(2)16-7-5-4-6-8-16)11-15-9-10-17(23-3)18(12-15)24(19,21)22;1-12(19-13(2)15-6-4-3-5-7-15)10-14-8-9-16(20)17(11-14)23(18,21)22/h4-10,12-14,20H,11H2,1-3H3,(H2,19,21,22);3-9,11-13,19-20H,10H2,1-2H3,(H2,18,21,22)/t13-,14+;12-,13+/m00/s1. The molecule has 0 amide bonds. The number of nitrogens with one attached hydrogen (secondary N) is 2. The van der Waals surface area contributed by atoms with Crippen LogP contribution in [0, 0.1) is 0 Å². The zero-order valence-electron chi connectivity index (χ0n) is 27.4. The van der Waals surface area contributed by atoms with E-state index in [9.17, 15) is 21.9 Å². The van der Waals surface area contributed by atoms with Crippen LogP contribution in [0.15, 0.2) is 107 Å². The van der Waals surface area contributed by atoms with Gasteiger partial charge in [0.05, 0.1) is 7.11 Å². The molecular weight excluding hydrogens is 637 g/mol. The molecule has 0 aliphatic heterocycles. The van der Waals surface area contributed by atoms with Gasteiger partial charge in [0.15, 0.2) is 0 Å². The van der Waals surface area contributed by atoms with E-state index in [1.165, 1.54) is 30.4 Å². The van der Waals surface area contributed by atoms with Crippen molar-refractivity contribution in [3.05, 3.63) is 119 Å². The number of phenols is 1. The molecule has 10 nitrogen and oxygen atoms in total. The van der Waals surface area contributed by atoms with Crippen molar-refractivity contribution < 1.29 is 26.7 Å². The molecular formula is C35H46N4O6S2. The Balaban J connectivity index is 0.000000256. The summed E-state index contributed by atoms with van der Waals surface area (Å²) in [5, 5.41) is 27.0. The fourth-order valence-electron chi connectivity index (χ4n) is 5.34. The molecule has 4 rings (SSSR count). The third kappa shape index (κ3) is 11.8. The van der Waals surface area contributed by atoms with E-state index < -0.39 is 20.0 Å². The van der Waals surface area contributed by atoms with E-state index in [2.05, 4.69) is 55.7 Å². The van der Waals surface area contributed by atoms with Crippen molar-refractivity contribution in [3.63, 3.8) is 0 Å². The molecule has 0 fully saturated rings. The van der Waals surface area contributed by atoms with Crippen molar-refractivity contribution in [2.24, 2.45) is 10.3 Å². The van der Waals surface area contributed by atoms with Gasteiger partial charge in [-0.2, -0.15) is 0 Å². The van der Waals surface area contributed by atoms with Gasteiger partial charge >= 0.3 is 0 Å². The first kappa shape index (κ1) is 37.7. The van der Waals surface area contributed by atoms with Gasteiger partial charge in [0.25, 0.3) is 0 Å². The summed E-state index contributed by atoms with van der Waals surface area (Å²) in [5.41, 5.74) is 4.09. The first-order valence-corrected chi connectivity index (χ1v) is 18.3. The van der Waals surface area contributed by atoms with Crippen LogP contribution in [0.5, 0.6) is 11.5 Å². The van der Waals surface area contributed by atoms with Gasteiger partial charge in [0, 0.05) is 24.2 Å². The van der Waals surface area contributed by atoms with Crippen molar-refractivity contribution >= 4 is 20.0 Å². The highest BCUT2D eigenvalue weighted by Crippen LogP contribution is 2.25. The Kier molecular flexibility index (Phi) is 13.5. The number of sulfonamides is 2. The van der Waals surface area contributed by atoms with Crippen molar-refractivity contribution in [3.8, 4) is 11.5 Å². The Labute approximate surface area is 279 Å². The lowest BCUT2D eigenvalue weighted by atomic mass is 10.0. The normalized spacial score (nSPS) is 14.3. The summed E-state index contributed by atoms with van der Waals surface area (Å²) in [6.45, 7) is 8.29. The molecule has 0 aromatic heterocycles. The lowest BCUT2D eigenvalue weighted by Gasteiger charge is -2.21. The summed E-state index contributed by atoms with van der Waals surface area (Å²) in [6.07, 6.45) is 1.31. The van der Waals surface area contributed by atoms with E-state index >= 15 is 0 Å². The van der Waals surface area contributed by atoms with Gasteiger partial charge in [-0.25, -0.2) is 27.1 Å². The van der Waals surface area contributed by atoms with E-state index in [-0.39, 0.29) is 45.5 Å². The zero-order chi connectivity index (χ0) is 34.8. The molecule has 4 aromatic rings. The topological polar surface area (TPSA) is 174 Å². The number of methoxy groups -OCH3 is 1. The summed E-state index contributed by atoms with van der Waals surface area (Å²) in [4.78, 5) is -0.218. The molecule has 47 heavy (non-hydrogen) atoms. The summed E-state index contributed by atoms with van der Waals surface area (Å²) < 4.78 is 51.4. The fraction of sp³-hybridized carbons (Fsp3) is 0.314. The Morgan fingerprint density at radius 3 is 1.45 bits per heavy atom. The second kappa shape index (κ2) is 16.9. The molecule has 4 aromatic carbocycles. The highest BCUT2D eigenvalue weighted by Gasteiger charge is 2.18. The molecule has 0 aliphatic carbocycles. The second-order valence-corrected chi connectivity index (χ2v) is 14.7. The summed E-state index contributed by atoms with van der Waals surface area (Å²) in [5.74, 6) is -0.0611. The van der Waals surface area contributed by atoms with Crippen LogP contribution < -0.4 is 25.6 Å². The lowest BCUT2D eigenvalue weighted by molar-refractivity contribution is 0.402. The van der Waals surface area contributed by atoms with Crippen LogP contribution in [0.3, 0.4) is 0 Å². The van der Waals surface area contributed by atoms with Crippen LogP contribution in [0.1, 0.15) is 62.0 Å². The molecule has 0 unspecified atom stereocenters. The van der Waals surface area contributed by atoms with E-state index in [4.69, 9.17) is 15.0 Å². The SMILES string of the molecule is COc1ccc(C[C@H](C)N[C@H](C)c2ccccc2)cc1S(N)(=O)=O.C[C@@H](Cc1ccc(O)c(S(N)(=O)=O)c1)N[C@H](C)c1ccccc1.